The molecule has 1 N–H and O–H groups in total. The molecule has 3 aromatic rings. The van der Waals surface area contributed by atoms with Gasteiger partial charge in [0.1, 0.15) is 6.04 Å². The molecule has 3 rings (SSSR count). The van der Waals surface area contributed by atoms with Crippen LogP contribution in [-0.2, 0) is 0 Å². The minimum Gasteiger partial charge on any atom is -0.349 e. The molecule has 0 fully saturated rings. The fraction of sp³-hybridized carbons (Fsp3) is 0.143. The van der Waals surface area contributed by atoms with Gasteiger partial charge in [-0.1, -0.05) is 17.7 Å². The summed E-state index contributed by atoms with van der Waals surface area (Å²) >= 11 is 8.78. The van der Waals surface area contributed by atoms with Gasteiger partial charge in [0.2, 0.25) is 0 Å². The van der Waals surface area contributed by atoms with E-state index in [1.54, 1.807) is 29.7 Å². The molecular formula is C14H12ClN3OS2. The predicted molar refractivity (Wildman–Crippen MR) is 86.3 cm³/mol. The van der Waals surface area contributed by atoms with Gasteiger partial charge in [0, 0.05) is 23.8 Å². The van der Waals surface area contributed by atoms with E-state index in [0.717, 1.165) is 4.88 Å². The molecule has 3 heterocycles. The predicted octanol–water partition coefficient (Wildman–Crippen LogP) is 3.68. The van der Waals surface area contributed by atoms with Crippen LogP contribution < -0.4 is 5.32 Å². The Bertz CT molecular complexity index is 672. The number of carbonyl (C=O) groups excluding carboxylic acids is 1. The maximum Gasteiger partial charge on any atom is 0.261 e. The highest BCUT2D eigenvalue weighted by atomic mass is 35.5. The van der Waals surface area contributed by atoms with E-state index in [2.05, 4.69) is 10.4 Å². The van der Waals surface area contributed by atoms with E-state index in [1.807, 2.05) is 34.5 Å². The molecule has 0 unspecified atom stereocenters. The van der Waals surface area contributed by atoms with Crippen LogP contribution in [0.4, 0.5) is 0 Å². The molecule has 0 bridgehead atoms. The van der Waals surface area contributed by atoms with Gasteiger partial charge in [-0.25, -0.2) is 0 Å². The van der Waals surface area contributed by atoms with Gasteiger partial charge in [-0.05, 0) is 29.6 Å². The van der Waals surface area contributed by atoms with E-state index < -0.39 is 0 Å². The van der Waals surface area contributed by atoms with Gasteiger partial charge in [0.25, 0.3) is 5.91 Å². The summed E-state index contributed by atoms with van der Waals surface area (Å²) in [6, 6.07) is 9.38. The Kier molecular flexibility index (Phi) is 4.38. The van der Waals surface area contributed by atoms with Crippen LogP contribution in [0.3, 0.4) is 0 Å². The molecule has 4 nitrogen and oxygen atoms in total. The standard InChI is InChI=1S/C14H12ClN3OS2/c15-13-5-4-12(21-13)14(19)16-9-10(11-3-1-8-20-11)18-7-2-6-17-18/h1-8,10H,9H2,(H,16,19)/t10-/m1/s1. The first-order valence-corrected chi connectivity index (χ1v) is 8.37. The van der Waals surface area contributed by atoms with Crippen LogP contribution >= 0.6 is 34.3 Å². The first-order chi connectivity index (χ1) is 10.2. The zero-order valence-corrected chi connectivity index (χ0v) is 13.3. The third kappa shape index (κ3) is 3.34. The molecule has 1 atom stereocenters. The van der Waals surface area contributed by atoms with Gasteiger partial charge in [-0.2, -0.15) is 5.10 Å². The molecule has 0 saturated heterocycles. The lowest BCUT2D eigenvalue weighted by Gasteiger charge is -2.16. The Hall–Kier alpha value is -1.63. The monoisotopic (exact) mass is 337 g/mol. The molecule has 0 aromatic carbocycles. The Labute approximate surface area is 135 Å². The average molecular weight is 338 g/mol. The number of thiophene rings is 2. The molecule has 0 aliphatic carbocycles. The number of hydrogen-bond acceptors (Lipinski definition) is 4. The second-order valence-electron chi connectivity index (χ2n) is 4.33. The average Bonchev–Trinajstić information content (AvgIpc) is 3.21. The van der Waals surface area contributed by atoms with Crippen molar-refractivity contribution in [1.82, 2.24) is 15.1 Å². The van der Waals surface area contributed by atoms with E-state index in [0.29, 0.717) is 15.8 Å². The molecule has 1 amide bonds. The molecule has 0 radical (unpaired) electrons. The molecule has 108 valence electrons. The molecule has 0 spiro atoms. The Morgan fingerprint density at radius 2 is 2.29 bits per heavy atom. The van der Waals surface area contributed by atoms with Crippen molar-refractivity contribution >= 4 is 40.2 Å². The summed E-state index contributed by atoms with van der Waals surface area (Å²) in [7, 11) is 0. The molecule has 7 heteroatoms. The smallest absolute Gasteiger partial charge is 0.261 e. The highest BCUT2D eigenvalue weighted by molar-refractivity contribution is 7.18. The van der Waals surface area contributed by atoms with Crippen molar-refractivity contribution in [2.75, 3.05) is 6.54 Å². The van der Waals surface area contributed by atoms with E-state index in [4.69, 9.17) is 11.6 Å². The van der Waals surface area contributed by atoms with Crippen molar-refractivity contribution in [1.29, 1.82) is 0 Å². The van der Waals surface area contributed by atoms with Crippen molar-refractivity contribution in [3.63, 3.8) is 0 Å². The summed E-state index contributed by atoms with van der Waals surface area (Å²) in [5, 5.41) is 9.25. The van der Waals surface area contributed by atoms with Crippen LogP contribution in [0, 0.1) is 0 Å². The number of rotatable bonds is 5. The number of nitrogens with one attached hydrogen (secondary N) is 1. The summed E-state index contributed by atoms with van der Waals surface area (Å²) in [6.45, 7) is 0.483. The third-order valence-electron chi connectivity index (χ3n) is 2.97. The third-order valence-corrected chi connectivity index (χ3v) is 5.17. The van der Waals surface area contributed by atoms with Crippen LogP contribution in [0.25, 0.3) is 0 Å². The van der Waals surface area contributed by atoms with Gasteiger partial charge in [-0.3, -0.25) is 9.48 Å². The number of hydrogen-bond donors (Lipinski definition) is 1. The van der Waals surface area contributed by atoms with E-state index >= 15 is 0 Å². The number of amides is 1. The summed E-state index contributed by atoms with van der Waals surface area (Å²) < 4.78 is 2.47. The SMILES string of the molecule is O=C(NC[C@H](c1cccs1)n1cccn1)c1ccc(Cl)s1. The highest BCUT2D eigenvalue weighted by Gasteiger charge is 2.17. The summed E-state index contributed by atoms with van der Waals surface area (Å²) in [4.78, 5) is 13.9. The van der Waals surface area contributed by atoms with Crippen molar-refractivity contribution in [3.8, 4) is 0 Å². The normalized spacial score (nSPS) is 12.2. The molecule has 0 saturated carbocycles. The fourth-order valence-corrected chi connectivity index (χ4v) is 3.76. The van der Waals surface area contributed by atoms with Gasteiger partial charge in [-0.15, -0.1) is 22.7 Å². The number of halogens is 1. The largest absolute Gasteiger partial charge is 0.349 e. The van der Waals surface area contributed by atoms with Gasteiger partial charge in [0.15, 0.2) is 0 Å². The van der Waals surface area contributed by atoms with Crippen LogP contribution in [0.5, 0.6) is 0 Å². The molecule has 3 aromatic heterocycles. The van der Waals surface area contributed by atoms with Crippen LogP contribution in [-0.4, -0.2) is 22.2 Å². The maximum absolute atomic E-state index is 12.1. The Morgan fingerprint density at radius 1 is 1.38 bits per heavy atom. The topological polar surface area (TPSA) is 46.9 Å². The minimum atomic E-state index is -0.111. The number of nitrogens with zero attached hydrogens (tertiary/aromatic N) is 2. The minimum absolute atomic E-state index is 0.000570. The molecule has 0 aliphatic heterocycles. The van der Waals surface area contributed by atoms with Gasteiger partial charge >= 0.3 is 0 Å². The Balaban J connectivity index is 1.72. The Morgan fingerprint density at radius 3 is 2.90 bits per heavy atom. The van der Waals surface area contributed by atoms with Crippen molar-refractivity contribution < 1.29 is 4.79 Å². The van der Waals surface area contributed by atoms with E-state index in [1.165, 1.54) is 11.3 Å². The maximum atomic E-state index is 12.1. The van der Waals surface area contributed by atoms with Crippen LogP contribution in [0.15, 0.2) is 48.1 Å². The second-order valence-corrected chi connectivity index (χ2v) is 7.03. The van der Waals surface area contributed by atoms with Crippen molar-refractivity contribution in [2.45, 2.75) is 6.04 Å². The van der Waals surface area contributed by atoms with Crippen molar-refractivity contribution in [3.05, 3.63) is 62.2 Å². The van der Waals surface area contributed by atoms with Crippen molar-refractivity contribution in [2.24, 2.45) is 0 Å². The highest BCUT2D eigenvalue weighted by Crippen LogP contribution is 2.23. The van der Waals surface area contributed by atoms with Gasteiger partial charge in [0.05, 0.1) is 9.21 Å². The molecular weight excluding hydrogens is 326 g/mol. The molecule has 21 heavy (non-hydrogen) atoms. The van der Waals surface area contributed by atoms with Gasteiger partial charge < -0.3 is 5.32 Å². The fourth-order valence-electron chi connectivity index (χ4n) is 1.98. The summed E-state index contributed by atoms with van der Waals surface area (Å²) in [5.74, 6) is -0.111. The van der Waals surface area contributed by atoms with E-state index in [-0.39, 0.29) is 11.9 Å². The summed E-state index contributed by atoms with van der Waals surface area (Å²) in [5.41, 5.74) is 0. The summed E-state index contributed by atoms with van der Waals surface area (Å²) in [6.07, 6.45) is 3.64. The first kappa shape index (κ1) is 14.3. The quantitative estimate of drug-likeness (QED) is 0.772. The lowest BCUT2D eigenvalue weighted by molar-refractivity contribution is 0.0953. The van der Waals surface area contributed by atoms with Crippen LogP contribution in [0.1, 0.15) is 20.6 Å². The zero-order chi connectivity index (χ0) is 14.7. The number of carbonyl (C=O) groups is 1. The second kappa shape index (κ2) is 6.43. The zero-order valence-electron chi connectivity index (χ0n) is 10.9. The molecule has 0 aliphatic rings. The lowest BCUT2D eigenvalue weighted by Crippen LogP contribution is -2.30. The van der Waals surface area contributed by atoms with E-state index in [9.17, 15) is 4.79 Å². The lowest BCUT2D eigenvalue weighted by atomic mass is 10.2. The first-order valence-electron chi connectivity index (χ1n) is 6.30. The van der Waals surface area contributed by atoms with Crippen LogP contribution in [0.2, 0.25) is 4.34 Å². The number of aromatic nitrogens is 2.